The third kappa shape index (κ3) is 2.20. The molecule has 6 aromatic rings. The molecule has 138 valence electrons. The van der Waals surface area contributed by atoms with E-state index in [4.69, 9.17) is 0 Å². The molecule has 0 spiro atoms. The summed E-state index contributed by atoms with van der Waals surface area (Å²) < 4.78 is 0. The normalized spacial score (nSPS) is 13.1. The molecule has 0 atom stereocenters. The molecule has 0 saturated heterocycles. The van der Waals surface area contributed by atoms with E-state index in [1.54, 1.807) is 0 Å². The molecule has 2 heteroatoms. The van der Waals surface area contributed by atoms with Crippen LogP contribution < -0.4 is 16.4 Å². The van der Waals surface area contributed by atoms with Crippen LogP contribution in [0.25, 0.3) is 32.3 Å². The predicted octanol–water partition coefficient (Wildman–Crippen LogP) is 5.56. The van der Waals surface area contributed by atoms with E-state index in [0.29, 0.717) is 0 Å². The van der Waals surface area contributed by atoms with Crippen molar-refractivity contribution in [3.63, 3.8) is 0 Å². The van der Waals surface area contributed by atoms with Crippen LogP contribution in [0.5, 0.6) is 0 Å². The van der Waals surface area contributed by atoms with Crippen LogP contribution in [0.3, 0.4) is 0 Å². The van der Waals surface area contributed by atoms with Gasteiger partial charge in [0.25, 0.3) is 0 Å². The Bertz CT molecular complexity index is 1550. The average Bonchev–Trinajstić information content (AvgIpc) is 2.81. The highest BCUT2D eigenvalue weighted by Crippen LogP contribution is 2.41. The second kappa shape index (κ2) is 6.14. The van der Waals surface area contributed by atoms with E-state index in [1.807, 2.05) is 11.8 Å². The molecule has 7 rings (SSSR count). The van der Waals surface area contributed by atoms with Crippen molar-refractivity contribution in [2.24, 2.45) is 0 Å². The molecule has 0 nitrogen and oxygen atoms in total. The van der Waals surface area contributed by atoms with Gasteiger partial charge in [0.1, 0.15) is 0 Å². The lowest BCUT2D eigenvalue weighted by atomic mass is 9.36. The molecule has 0 unspecified atom stereocenters. The zero-order valence-corrected chi connectivity index (χ0v) is 17.1. The number of hydrogen-bond acceptors (Lipinski definition) is 1. The standard InChI is InChI=1S/C28H17BS/c1-2-9-21(10-3-1)29-23-11-4-5-12-25(23)30-28-22-16-15-19-8-6-7-18-13-14-20(17-24(28)29)27(22)26(18)19/h1-17H. The molecule has 0 N–H and O–H groups in total. The molecule has 0 amide bonds. The predicted molar refractivity (Wildman–Crippen MR) is 132 cm³/mol. The van der Waals surface area contributed by atoms with Crippen LogP contribution in [-0.4, -0.2) is 6.71 Å². The van der Waals surface area contributed by atoms with E-state index in [2.05, 4.69) is 103 Å². The molecule has 6 aromatic carbocycles. The van der Waals surface area contributed by atoms with Crippen LogP contribution in [0.15, 0.2) is 113 Å². The highest BCUT2D eigenvalue weighted by molar-refractivity contribution is 8.00. The van der Waals surface area contributed by atoms with Crippen LogP contribution >= 0.6 is 11.8 Å². The summed E-state index contributed by atoms with van der Waals surface area (Å²) in [6, 6.07) is 38.1. The molecule has 0 radical (unpaired) electrons. The molecule has 1 heterocycles. The van der Waals surface area contributed by atoms with E-state index >= 15 is 0 Å². The number of hydrogen-bond donors (Lipinski definition) is 0. The highest BCUT2D eigenvalue weighted by Gasteiger charge is 2.32. The van der Waals surface area contributed by atoms with E-state index < -0.39 is 0 Å². The largest absolute Gasteiger partial charge is 0.244 e. The summed E-state index contributed by atoms with van der Waals surface area (Å²) >= 11 is 1.93. The van der Waals surface area contributed by atoms with Gasteiger partial charge in [-0.05, 0) is 38.4 Å². The Balaban J connectivity index is 1.64. The lowest BCUT2D eigenvalue weighted by Gasteiger charge is -2.28. The Morgan fingerprint density at radius 3 is 2.13 bits per heavy atom. The monoisotopic (exact) mass is 396 g/mol. The van der Waals surface area contributed by atoms with Gasteiger partial charge in [-0.2, -0.15) is 0 Å². The number of fused-ring (bicyclic) bond motifs is 3. The third-order valence-corrected chi connectivity index (χ3v) is 7.76. The Morgan fingerprint density at radius 1 is 0.533 bits per heavy atom. The highest BCUT2D eigenvalue weighted by atomic mass is 32.2. The fraction of sp³-hybridized carbons (Fsp3) is 0. The van der Waals surface area contributed by atoms with Gasteiger partial charge < -0.3 is 0 Å². The molecule has 0 aliphatic carbocycles. The first kappa shape index (κ1) is 16.6. The first-order valence-corrected chi connectivity index (χ1v) is 11.2. The molecule has 0 fully saturated rings. The van der Waals surface area contributed by atoms with Gasteiger partial charge in [0.2, 0.25) is 6.71 Å². The average molecular weight is 396 g/mol. The van der Waals surface area contributed by atoms with E-state index in [1.165, 1.54) is 58.5 Å². The zero-order chi connectivity index (χ0) is 19.7. The van der Waals surface area contributed by atoms with Crippen molar-refractivity contribution in [2.75, 3.05) is 0 Å². The molecular formula is C28H17BS. The van der Waals surface area contributed by atoms with Gasteiger partial charge in [-0.15, -0.1) is 0 Å². The number of benzene rings is 6. The van der Waals surface area contributed by atoms with Gasteiger partial charge in [-0.25, -0.2) is 0 Å². The van der Waals surface area contributed by atoms with Crippen molar-refractivity contribution in [3.8, 4) is 0 Å². The molecular weight excluding hydrogens is 379 g/mol. The molecule has 1 aliphatic rings. The Labute approximate surface area is 180 Å². The first-order chi connectivity index (χ1) is 14.9. The van der Waals surface area contributed by atoms with Gasteiger partial charge in [-0.1, -0.05) is 125 Å². The second-order valence-electron chi connectivity index (χ2n) is 8.13. The maximum absolute atomic E-state index is 2.45. The fourth-order valence-corrected chi connectivity index (χ4v) is 6.47. The van der Waals surface area contributed by atoms with Crippen molar-refractivity contribution in [1.29, 1.82) is 0 Å². The lowest BCUT2D eigenvalue weighted by molar-refractivity contribution is 1.47. The molecule has 0 aromatic heterocycles. The quantitative estimate of drug-likeness (QED) is 0.258. The van der Waals surface area contributed by atoms with Gasteiger partial charge >= 0.3 is 0 Å². The summed E-state index contributed by atoms with van der Waals surface area (Å²) in [5, 5.41) is 8.17. The summed E-state index contributed by atoms with van der Waals surface area (Å²) in [4.78, 5) is 2.78. The minimum Gasteiger partial charge on any atom is -0.0905 e. The van der Waals surface area contributed by atoms with Crippen molar-refractivity contribution < 1.29 is 0 Å². The minimum atomic E-state index is 0.264. The van der Waals surface area contributed by atoms with Crippen molar-refractivity contribution in [1.82, 2.24) is 0 Å². The SMILES string of the molecule is c1ccc(B2c3ccccc3Sc3c2cc2ccc4cccc5ccc3c2c45)cc1. The molecule has 30 heavy (non-hydrogen) atoms. The van der Waals surface area contributed by atoms with Crippen molar-refractivity contribution in [3.05, 3.63) is 103 Å². The van der Waals surface area contributed by atoms with E-state index in [-0.39, 0.29) is 6.71 Å². The van der Waals surface area contributed by atoms with Gasteiger partial charge in [0.15, 0.2) is 0 Å². The summed E-state index contributed by atoms with van der Waals surface area (Å²) in [5.41, 5.74) is 4.20. The Hall–Kier alpha value is -3.23. The summed E-state index contributed by atoms with van der Waals surface area (Å²) in [5.74, 6) is 0. The smallest absolute Gasteiger partial charge is 0.0905 e. The van der Waals surface area contributed by atoms with Crippen LogP contribution in [0.2, 0.25) is 0 Å². The Morgan fingerprint density at radius 2 is 1.27 bits per heavy atom. The maximum atomic E-state index is 2.45. The molecule has 0 bridgehead atoms. The lowest BCUT2D eigenvalue weighted by Crippen LogP contribution is -2.55. The zero-order valence-electron chi connectivity index (χ0n) is 16.3. The van der Waals surface area contributed by atoms with Crippen molar-refractivity contribution >= 4 is 67.2 Å². The van der Waals surface area contributed by atoms with Gasteiger partial charge in [-0.3, -0.25) is 0 Å². The summed E-state index contributed by atoms with van der Waals surface area (Å²) in [7, 11) is 0. The van der Waals surface area contributed by atoms with Crippen LogP contribution in [-0.2, 0) is 0 Å². The van der Waals surface area contributed by atoms with Gasteiger partial charge in [0, 0.05) is 9.79 Å². The fourth-order valence-electron chi connectivity index (χ4n) is 5.23. The van der Waals surface area contributed by atoms with Crippen LogP contribution in [0.1, 0.15) is 0 Å². The van der Waals surface area contributed by atoms with Crippen molar-refractivity contribution in [2.45, 2.75) is 9.79 Å². The minimum absolute atomic E-state index is 0.264. The number of rotatable bonds is 1. The second-order valence-corrected chi connectivity index (χ2v) is 9.19. The Kier molecular flexibility index (Phi) is 3.39. The summed E-state index contributed by atoms with van der Waals surface area (Å²) in [6.45, 7) is 0.264. The maximum Gasteiger partial charge on any atom is 0.244 e. The third-order valence-electron chi connectivity index (χ3n) is 6.51. The topological polar surface area (TPSA) is 0 Å². The first-order valence-electron chi connectivity index (χ1n) is 10.4. The molecule has 0 saturated carbocycles. The van der Waals surface area contributed by atoms with E-state index in [0.717, 1.165) is 0 Å². The molecule has 1 aliphatic heterocycles. The van der Waals surface area contributed by atoms with Gasteiger partial charge in [0.05, 0.1) is 0 Å². The summed E-state index contributed by atoms with van der Waals surface area (Å²) in [6.07, 6.45) is 0. The van der Waals surface area contributed by atoms with Crippen LogP contribution in [0.4, 0.5) is 0 Å². The van der Waals surface area contributed by atoms with E-state index in [9.17, 15) is 0 Å². The van der Waals surface area contributed by atoms with Crippen LogP contribution in [0, 0.1) is 0 Å².